The van der Waals surface area contributed by atoms with Crippen molar-refractivity contribution in [1.29, 1.82) is 0 Å². The van der Waals surface area contributed by atoms with Crippen molar-refractivity contribution in [3.05, 3.63) is 112 Å². The van der Waals surface area contributed by atoms with Crippen LogP contribution in [0, 0.1) is 0 Å². The molecule has 0 saturated carbocycles. The lowest BCUT2D eigenvalue weighted by atomic mass is 9.99. The first-order valence-electron chi connectivity index (χ1n) is 11.2. The number of thiazole rings is 1. The molecule has 0 bridgehead atoms. The summed E-state index contributed by atoms with van der Waals surface area (Å²) in [6, 6.07) is 25.1. The minimum absolute atomic E-state index is 0.0666. The Hall–Kier alpha value is -4.01. The number of carbonyl (C=O) groups is 1. The fraction of sp³-hybridized carbons (Fsp3) is 0.111. The van der Waals surface area contributed by atoms with Gasteiger partial charge in [-0.05, 0) is 35.4 Å². The first kappa shape index (κ1) is 23.7. The summed E-state index contributed by atoms with van der Waals surface area (Å²) in [7, 11) is 1.59. The molecule has 2 heterocycles. The minimum Gasteiger partial charge on any atom is -0.496 e. The van der Waals surface area contributed by atoms with Crippen molar-refractivity contribution in [2.45, 2.75) is 12.5 Å². The van der Waals surface area contributed by atoms with Gasteiger partial charge in [-0.25, -0.2) is 15.4 Å². The largest absolute Gasteiger partial charge is 0.496 e. The fourth-order valence-corrected chi connectivity index (χ4v) is 4.83. The second-order valence-corrected chi connectivity index (χ2v) is 9.26. The second-order valence-electron chi connectivity index (χ2n) is 7.99. The maximum atomic E-state index is 12.7. The molecule has 1 aliphatic heterocycles. The number of anilines is 1. The van der Waals surface area contributed by atoms with Crippen LogP contribution in [0.4, 0.5) is 5.13 Å². The van der Waals surface area contributed by atoms with Gasteiger partial charge >= 0.3 is 0 Å². The number of nitrogens with zero attached hydrogens (tertiary/aromatic N) is 4. The Balaban J connectivity index is 1.37. The molecule has 1 aliphatic rings. The molecule has 7 nitrogen and oxygen atoms in total. The first-order valence-corrected chi connectivity index (χ1v) is 12.5. The number of benzene rings is 3. The number of hydrogen-bond donors (Lipinski definition) is 1. The molecule has 1 atom stereocenters. The Bertz CT molecular complexity index is 1420. The molecule has 1 N–H and O–H groups in total. The number of nitrogens with one attached hydrogen (secondary N) is 1. The maximum Gasteiger partial charge on any atom is 0.290 e. The van der Waals surface area contributed by atoms with Crippen molar-refractivity contribution in [3.8, 4) is 5.75 Å². The van der Waals surface area contributed by atoms with Gasteiger partial charge in [0.25, 0.3) is 5.91 Å². The molecule has 1 amide bonds. The molecule has 1 unspecified atom stereocenters. The molecule has 0 fully saturated rings. The highest BCUT2D eigenvalue weighted by Gasteiger charge is 2.32. The Morgan fingerprint density at radius 1 is 1.11 bits per heavy atom. The minimum atomic E-state index is -0.404. The van der Waals surface area contributed by atoms with Crippen LogP contribution in [0.5, 0.6) is 5.75 Å². The third-order valence-corrected chi connectivity index (χ3v) is 6.78. The number of methoxy groups -OCH3 is 1. The Kier molecular flexibility index (Phi) is 7.06. The van der Waals surface area contributed by atoms with E-state index in [2.05, 4.69) is 15.5 Å². The number of para-hydroxylation sites is 1. The van der Waals surface area contributed by atoms with E-state index in [4.69, 9.17) is 21.4 Å². The molecule has 1 aromatic heterocycles. The van der Waals surface area contributed by atoms with Crippen LogP contribution < -0.4 is 15.2 Å². The van der Waals surface area contributed by atoms with Crippen molar-refractivity contribution in [1.82, 2.24) is 10.4 Å². The van der Waals surface area contributed by atoms with Crippen LogP contribution in [0.2, 0.25) is 5.02 Å². The van der Waals surface area contributed by atoms with E-state index in [-0.39, 0.29) is 11.7 Å². The molecule has 0 spiro atoms. The molecule has 5 rings (SSSR count). The van der Waals surface area contributed by atoms with Crippen LogP contribution in [-0.4, -0.2) is 29.9 Å². The number of ether oxygens (including phenoxy) is 1. The Morgan fingerprint density at radius 2 is 1.86 bits per heavy atom. The number of aromatic nitrogens is 1. The highest BCUT2D eigenvalue weighted by molar-refractivity contribution is 7.14. The number of amides is 1. The third kappa shape index (κ3) is 5.15. The van der Waals surface area contributed by atoms with E-state index in [1.807, 2.05) is 83.9 Å². The lowest BCUT2D eigenvalue weighted by Gasteiger charge is -2.21. The van der Waals surface area contributed by atoms with Crippen LogP contribution in [0.1, 0.15) is 39.6 Å². The summed E-state index contributed by atoms with van der Waals surface area (Å²) < 4.78 is 5.30. The van der Waals surface area contributed by atoms with E-state index in [1.54, 1.807) is 12.5 Å². The van der Waals surface area contributed by atoms with E-state index in [9.17, 15) is 4.79 Å². The number of hydrazone groups is 2. The summed E-state index contributed by atoms with van der Waals surface area (Å²) in [4.78, 5) is 17.3. The van der Waals surface area contributed by atoms with E-state index < -0.39 is 5.91 Å². The van der Waals surface area contributed by atoms with Gasteiger partial charge in [-0.3, -0.25) is 4.79 Å². The summed E-state index contributed by atoms with van der Waals surface area (Å²) in [6.45, 7) is 0. The molecule has 9 heteroatoms. The summed E-state index contributed by atoms with van der Waals surface area (Å²) in [5.74, 6) is 0.263. The molecule has 0 radical (unpaired) electrons. The van der Waals surface area contributed by atoms with E-state index in [0.717, 1.165) is 22.4 Å². The Morgan fingerprint density at radius 3 is 2.64 bits per heavy atom. The molecule has 36 heavy (non-hydrogen) atoms. The topological polar surface area (TPSA) is 79.2 Å². The monoisotopic (exact) mass is 515 g/mol. The lowest BCUT2D eigenvalue weighted by Crippen LogP contribution is -2.20. The average Bonchev–Trinajstić information content (AvgIpc) is 3.58. The third-order valence-electron chi connectivity index (χ3n) is 5.70. The maximum absolute atomic E-state index is 12.7. The van der Waals surface area contributed by atoms with Crippen molar-refractivity contribution >= 4 is 45.9 Å². The molecule has 180 valence electrons. The predicted molar refractivity (Wildman–Crippen MR) is 144 cm³/mol. The van der Waals surface area contributed by atoms with Crippen LogP contribution in [0.15, 0.2) is 94.4 Å². The van der Waals surface area contributed by atoms with Crippen LogP contribution in [0.25, 0.3) is 0 Å². The quantitative estimate of drug-likeness (QED) is 0.244. The smallest absolute Gasteiger partial charge is 0.290 e. The highest BCUT2D eigenvalue weighted by atomic mass is 35.5. The van der Waals surface area contributed by atoms with Crippen molar-refractivity contribution in [2.24, 2.45) is 10.2 Å². The van der Waals surface area contributed by atoms with Gasteiger partial charge in [0.1, 0.15) is 11.4 Å². The molecule has 0 aliphatic carbocycles. The van der Waals surface area contributed by atoms with Crippen LogP contribution >= 0.6 is 22.9 Å². The van der Waals surface area contributed by atoms with Gasteiger partial charge in [0.15, 0.2) is 0 Å². The number of carbonyl (C=O) groups excluding carboxylic acids is 1. The van der Waals surface area contributed by atoms with Gasteiger partial charge in [0, 0.05) is 22.4 Å². The summed E-state index contributed by atoms with van der Waals surface area (Å²) >= 11 is 7.48. The second kappa shape index (κ2) is 10.7. The van der Waals surface area contributed by atoms with Gasteiger partial charge in [-0.15, -0.1) is 11.3 Å². The van der Waals surface area contributed by atoms with Crippen LogP contribution in [-0.2, 0) is 0 Å². The lowest BCUT2D eigenvalue weighted by molar-refractivity contribution is 0.0951. The zero-order valence-electron chi connectivity index (χ0n) is 19.3. The molecule has 0 saturated heterocycles. The van der Waals surface area contributed by atoms with Crippen LogP contribution in [0.3, 0.4) is 0 Å². The van der Waals surface area contributed by atoms with E-state index >= 15 is 0 Å². The summed E-state index contributed by atoms with van der Waals surface area (Å²) in [6.07, 6.45) is 2.24. The number of rotatable bonds is 7. The van der Waals surface area contributed by atoms with Gasteiger partial charge < -0.3 is 4.74 Å². The van der Waals surface area contributed by atoms with E-state index in [1.165, 1.54) is 17.6 Å². The van der Waals surface area contributed by atoms with Gasteiger partial charge in [-0.2, -0.15) is 10.2 Å². The normalized spacial score (nSPS) is 15.2. The standard InChI is InChI=1S/C27H22ClN5O2S/c1-35-25-10-6-5-9-20(25)16-29-31-26(34)23-17-36-27(30-23)33-24(19-11-13-21(28)14-12-19)15-22(32-33)18-7-3-2-4-8-18/h2-14,16-17,24H,15H2,1H3,(H,31,34)/b29-16+. The number of halogens is 1. The number of hydrogen-bond acceptors (Lipinski definition) is 7. The average molecular weight is 516 g/mol. The molecule has 4 aromatic rings. The van der Waals surface area contributed by atoms with Gasteiger partial charge in [0.2, 0.25) is 5.13 Å². The summed E-state index contributed by atoms with van der Waals surface area (Å²) in [5, 5.41) is 13.8. The SMILES string of the molecule is COc1ccccc1/C=N/NC(=O)c1csc(N2N=C(c3ccccc3)CC2c2ccc(Cl)cc2)n1. The zero-order chi connectivity index (χ0) is 24.9. The molecular weight excluding hydrogens is 494 g/mol. The van der Waals surface area contributed by atoms with Gasteiger partial charge in [0.05, 0.1) is 25.1 Å². The zero-order valence-corrected chi connectivity index (χ0v) is 20.9. The van der Waals surface area contributed by atoms with E-state index in [0.29, 0.717) is 22.3 Å². The van der Waals surface area contributed by atoms with Crippen molar-refractivity contribution < 1.29 is 9.53 Å². The highest BCUT2D eigenvalue weighted by Crippen LogP contribution is 2.38. The summed E-state index contributed by atoms with van der Waals surface area (Å²) in [5.41, 5.74) is 6.64. The van der Waals surface area contributed by atoms with Crippen molar-refractivity contribution in [2.75, 3.05) is 12.1 Å². The predicted octanol–water partition coefficient (Wildman–Crippen LogP) is 5.92. The fourth-order valence-electron chi connectivity index (χ4n) is 3.90. The van der Waals surface area contributed by atoms with Gasteiger partial charge in [-0.1, -0.05) is 66.2 Å². The molecular formula is C27H22ClN5O2S. The van der Waals surface area contributed by atoms with Crippen molar-refractivity contribution in [3.63, 3.8) is 0 Å². The Labute approximate surface area is 217 Å². The first-order chi connectivity index (χ1) is 17.6. The molecule has 3 aromatic carbocycles.